The zero-order chi connectivity index (χ0) is 19.7. The molecule has 0 saturated heterocycles. The molecular weight excluding hydrogens is 360 g/mol. The minimum absolute atomic E-state index is 0.308. The number of nitrogens with one attached hydrogen (secondary N) is 1. The normalized spacial score (nSPS) is 14.5. The highest BCUT2D eigenvalue weighted by Crippen LogP contribution is 2.28. The zero-order valence-electron chi connectivity index (χ0n) is 15.8. The van der Waals surface area contributed by atoms with E-state index in [0.29, 0.717) is 17.9 Å². The molecule has 144 valence electrons. The van der Waals surface area contributed by atoms with Gasteiger partial charge in [-0.3, -0.25) is 0 Å². The Morgan fingerprint density at radius 1 is 1.07 bits per heavy atom. The van der Waals surface area contributed by atoms with Gasteiger partial charge in [0.1, 0.15) is 29.6 Å². The van der Waals surface area contributed by atoms with Gasteiger partial charge in [0.2, 0.25) is 0 Å². The quantitative estimate of drug-likeness (QED) is 0.734. The Balaban J connectivity index is 1.59. The van der Waals surface area contributed by atoms with Gasteiger partial charge in [-0.05, 0) is 43.2 Å². The fourth-order valence-corrected chi connectivity index (χ4v) is 3.42. The largest absolute Gasteiger partial charge is 0.363 e. The third-order valence-corrected chi connectivity index (χ3v) is 4.96. The second kappa shape index (κ2) is 7.50. The molecular formula is C21H21F2N5. The summed E-state index contributed by atoms with van der Waals surface area (Å²) < 4.78 is 27.1. The number of anilines is 2. The van der Waals surface area contributed by atoms with Crippen LogP contribution >= 0.6 is 0 Å². The number of benzene rings is 1. The number of aromatic nitrogens is 3. The molecule has 0 fully saturated rings. The van der Waals surface area contributed by atoms with Crippen molar-refractivity contribution in [1.29, 1.82) is 0 Å². The molecule has 2 aromatic heterocycles. The lowest BCUT2D eigenvalue weighted by Crippen LogP contribution is -2.32. The Hall–Kier alpha value is -3.09. The summed E-state index contributed by atoms with van der Waals surface area (Å²) in [6.07, 6.45) is 4.16. The first kappa shape index (κ1) is 18.3. The predicted octanol–water partition coefficient (Wildman–Crippen LogP) is 4.19. The fraction of sp³-hybridized carbons (Fsp3) is 0.286. The molecule has 0 spiro atoms. The van der Waals surface area contributed by atoms with Gasteiger partial charge in [-0.15, -0.1) is 0 Å². The second-order valence-corrected chi connectivity index (χ2v) is 7.08. The molecule has 0 aliphatic carbocycles. The van der Waals surface area contributed by atoms with Crippen LogP contribution in [0, 0.1) is 18.6 Å². The topological polar surface area (TPSA) is 53.9 Å². The first-order chi connectivity index (χ1) is 13.5. The summed E-state index contributed by atoms with van der Waals surface area (Å²) in [5, 5.41) is 3.29. The van der Waals surface area contributed by atoms with Crippen LogP contribution in [0.5, 0.6) is 0 Å². The molecule has 28 heavy (non-hydrogen) atoms. The number of nitrogens with zero attached hydrogens (tertiary/aromatic N) is 4. The number of aryl methyl sites for hydroxylation is 1. The molecule has 0 bridgehead atoms. The summed E-state index contributed by atoms with van der Waals surface area (Å²) in [4.78, 5) is 15.5. The Morgan fingerprint density at radius 3 is 2.57 bits per heavy atom. The van der Waals surface area contributed by atoms with Crippen molar-refractivity contribution in [1.82, 2.24) is 15.0 Å². The van der Waals surface area contributed by atoms with E-state index in [1.165, 1.54) is 18.5 Å². The molecule has 1 atom stereocenters. The minimum atomic E-state index is -0.593. The maximum absolute atomic E-state index is 13.6. The maximum atomic E-state index is 13.6. The number of hydrogen-bond donors (Lipinski definition) is 1. The van der Waals surface area contributed by atoms with Crippen molar-refractivity contribution in [2.75, 3.05) is 16.8 Å². The van der Waals surface area contributed by atoms with Crippen molar-refractivity contribution in [3.8, 4) is 0 Å². The summed E-state index contributed by atoms with van der Waals surface area (Å²) in [5.41, 5.74) is 3.61. The van der Waals surface area contributed by atoms with E-state index < -0.39 is 11.6 Å². The zero-order valence-corrected chi connectivity index (χ0v) is 15.8. The smallest absolute Gasteiger partial charge is 0.135 e. The van der Waals surface area contributed by atoms with Crippen LogP contribution in [-0.4, -0.2) is 21.5 Å². The first-order valence-corrected chi connectivity index (χ1v) is 9.22. The molecule has 0 amide bonds. The van der Waals surface area contributed by atoms with Gasteiger partial charge in [-0.1, -0.05) is 6.07 Å². The number of rotatable bonds is 4. The van der Waals surface area contributed by atoms with Gasteiger partial charge in [0.05, 0.1) is 11.7 Å². The molecule has 1 N–H and O–H groups in total. The van der Waals surface area contributed by atoms with Crippen molar-refractivity contribution in [3.63, 3.8) is 0 Å². The highest BCUT2D eigenvalue weighted by Gasteiger charge is 2.23. The molecule has 3 aromatic rings. The van der Waals surface area contributed by atoms with Gasteiger partial charge in [0.15, 0.2) is 0 Å². The van der Waals surface area contributed by atoms with Crippen LogP contribution in [0.1, 0.15) is 35.3 Å². The standard InChI is InChI=1S/C21H21F2N5/c1-13-3-4-20(24-10-13)28-6-5-19-18(11-28)21(26-12-25-19)27-14(2)15-7-16(22)9-17(23)8-15/h3-4,7-10,12,14H,5-6,11H2,1-2H3,(H,25,26,27). The Kier molecular flexibility index (Phi) is 4.90. The van der Waals surface area contributed by atoms with E-state index in [9.17, 15) is 8.78 Å². The lowest BCUT2D eigenvalue weighted by molar-refractivity contribution is 0.577. The van der Waals surface area contributed by atoms with Crippen LogP contribution in [0.4, 0.5) is 20.4 Å². The maximum Gasteiger partial charge on any atom is 0.135 e. The Bertz CT molecular complexity index is 970. The number of pyridine rings is 1. The van der Waals surface area contributed by atoms with E-state index in [1.807, 2.05) is 32.2 Å². The van der Waals surface area contributed by atoms with E-state index in [2.05, 4.69) is 25.2 Å². The van der Waals surface area contributed by atoms with Crippen LogP contribution in [0.3, 0.4) is 0 Å². The summed E-state index contributed by atoms with van der Waals surface area (Å²) in [6, 6.07) is 7.27. The summed E-state index contributed by atoms with van der Waals surface area (Å²) in [6.45, 7) is 5.31. The molecule has 1 aromatic carbocycles. The molecule has 0 radical (unpaired) electrons. The van der Waals surface area contributed by atoms with Gasteiger partial charge in [-0.25, -0.2) is 23.7 Å². The average molecular weight is 381 g/mol. The highest BCUT2D eigenvalue weighted by molar-refractivity contribution is 5.53. The van der Waals surface area contributed by atoms with Crippen LogP contribution in [0.25, 0.3) is 0 Å². The van der Waals surface area contributed by atoms with Gasteiger partial charge in [-0.2, -0.15) is 0 Å². The number of halogens is 2. The fourth-order valence-electron chi connectivity index (χ4n) is 3.42. The van der Waals surface area contributed by atoms with Crippen LogP contribution in [0.2, 0.25) is 0 Å². The van der Waals surface area contributed by atoms with E-state index in [0.717, 1.165) is 41.7 Å². The minimum Gasteiger partial charge on any atom is -0.363 e. The SMILES string of the molecule is Cc1ccc(N2CCc3ncnc(NC(C)c4cc(F)cc(F)c4)c3C2)nc1. The van der Waals surface area contributed by atoms with E-state index >= 15 is 0 Å². The highest BCUT2D eigenvalue weighted by atomic mass is 19.1. The van der Waals surface area contributed by atoms with Crippen LogP contribution in [-0.2, 0) is 13.0 Å². The average Bonchev–Trinajstić information content (AvgIpc) is 2.68. The predicted molar refractivity (Wildman–Crippen MR) is 104 cm³/mol. The van der Waals surface area contributed by atoms with Crippen molar-refractivity contribution < 1.29 is 8.78 Å². The second-order valence-electron chi connectivity index (χ2n) is 7.08. The lowest BCUT2D eigenvalue weighted by Gasteiger charge is -2.30. The molecule has 1 aliphatic rings. The first-order valence-electron chi connectivity index (χ1n) is 9.22. The lowest BCUT2D eigenvalue weighted by atomic mass is 10.0. The van der Waals surface area contributed by atoms with Crippen molar-refractivity contribution >= 4 is 11.6 Å². The van der Waals surface area contributed by atoms with Gasteiger partial charge in [0, 0.05) is 37.3 Å². The Labute approximate surface area is 162 Å². The number of fused-ring (bicyclic) bond motifs is 1. The third kappa shape index (κ3) is 3.78. The third-order valence-electron chi connectivity index (χ3n) is 4.96. The Morgan fingerprint density at radius 2 is 1.86 bits per heavy atom. The van der Waals surface area contributed by atoms with E-state index in [-0.39, 0.29) is 6.04 Å². The van der Waals surface area contributed by atoms with E-state index in [4.69, 9.17) is 0 Å². The van der Waals surface area contributed by atoms with Crippen LogP contribution < -0.4 is 10.2 Å². The summed E-state index contributed by atoms with van der Waals surface area (Å²) in [5.74, 6) is 0.403. The molecule has 1 aliphatic heterocycles. The molecule has 1 unspecified atom stereocenters. The summed E-state index contributed by atoms with van der Waals surface area (Å²) in [7, 11) is 0. The van der Waals surface area contributed by atoms with Crippen molar-refractivity contribution in [2.24, 2.45) is 0 Å². The van der Waals surface area contributed by atoms with Gasteiger partial charge in [0.25, 0.3) is 0 Å². The van der Waals surface area contributed by atoms with Crippen LogP contribution in [0.15, 0.2) is 42.9 Å². The monoisotopic (exact) mass is 381 g/mol. The number of hydrogen-bond acceptors (Lipinski definition) is 5. The molecule has 5 nitrogen and oxygen atoms in total. The van der Waals surface area contributed by atoms with E-state index in [1.54, 1.807) is 0 Å². The van der Waals surface area contributed by atoms with Crippen molar-refractivity contribution in [2.45, 2.75) is 32.9 Å². The molecule has 3 heterocycles. The molecule has 0 saturated carbocycles. The molecule has 4 rings (SSSR count). The van der Waals surface area contributed by atoms with Gasteiger partial charge >= 0.3 is 0 Å². The molecule has 7 heteroatoms. The summed E-state index contributed by atoms with van der Waals surface area (Å²) >= 11 is 0. The van der Waals surface area contributed by atoms with Gasteiger partial charge < -0.3 is 10.2 Å². The van der Waals surface area contributed by atoms with Crippen molar-refractivity contribution in [3.05, 3.63) is 76.9 Å².